The molecule has 6 N–H and O–H groups in total. The normalized spacial score (nSPS) is 21.5. The zero-order chi connectivity index (χ0) is 40.2. The number of amides is 1. The van der Waals surface area contributed by atoms with Crippen LogP contribution in [0.1, 0.15) is 206 Å². The minimum absolute atomic E-state index is 0.191. The van der Waals surface area contributed by atoms with Crippen LogP contribution < -0.4 is 5.32 Å². The van der Waals surface area contributed by atoms with Crippen LogP contribution >= 0.6 is 0 Å². The molecule has 0 radical (unpaired) electrons. The van der Waals surface area contributed by atoms with Gasteiger partial charge in [-0.25, -0.2) is 0 Å². The van der Waals surface area contributed by atoms with Crippen molar-refractivity contribution in [3.8, 4) is 0 Å². The van der Waals surface area contributed by atoms with Gasteiger partial charge < -0.3 is 40.3 Å². The van der Waals surface area contributed by atoms with E-state index in [1.165, 1.54) is 128 Å². The van der Waals surface area contributed by atoms with Gasteiger partial charge in [-0.3, -0.25) is 4.79 Å². The molecule has 7 unspecified atom stereocenters. The first-order valence-corrected chi connectivity index (χ1v) is 23.1. The maximum Gasteiger partial charge on any atom is 0.220 e. The highest BCUT2D eigenvalue weighted by Gasteiger charge is 2.44. The fourth-order valence-electron chi connectivity index (χ4n) is 7.25. The van der Waals surface area contributed by atoms with Gasteiger partial charge in [0.15, 0.2) is 6.29 Å². The number of rotatable bonds is 38. The van der Waals surface area contributed by atoms with Gasteiger partial charge in [0.25, 0.3) is 0 Å². The molecule has 0 aromatic rings. The fraction of sp³-hybridized carbons (Fsp3) is 0.891. The van der Waals surface area contributed by atoms with E-state index in [0.717, 1.165) is 57.8 Å². The molecule has 0 aromatic carbocycles. The van der Waals surface area contributed by atoms with Gasteiger partial charge in [0.2, 0.25) is 5.91 Å². The smallest absolute Gasteiger partial charge is 0.220 e. The summed E-state index contributed by atoms with van der Waals surface area (Å²) in [6.07, 6.45) is 36.6. The Hall–Kier alpha value is -1.33. The Morgan fingerprint density at radius 3 is 1.53 bits per heavy atom. The maximum atomic E-state index is 12.9. The van der Waals surface area contributed by atoms with Crippen LogP contribution in [0.2, 0.25) is 0 Å². The number of ether oxygens (including phenoxy) is 2. The standard InChI is InChI=1S/C46H87NO8/c1-3-5-7-9-11-13-15-16-17-18-19-20-21-22-23-24-25-26-27-29-31-33-35-40(49)39(38-54-46-45(53)44(52)43(51)41(37-48)55-46)47-42(50)36-34-32-30-28-14-12-10-8-6-4-2/h10,12,33,35,39-41,43-46,48-49,51-53H,3-9,11,13-32,34,36-38H2,1-2H3,(H,47,50)/b12-10-,35-33+. The Morgan fingerprint density at radius 1 is 0.600 bits per heavy atom. The summed E-state index contributed by atoms with van der Waals surface area (Å²) < 4.78 is 11.2. The second-order valence-corrected chi connectivity index (χ2v) is 16.2. The number of unbranched alkanes of at least 4 members (excludes halogenated alkanes) is 26. The van der Waals surface area contributed by atoms with Crippen LogP contribution in [0.25, 0.3) is 0 Å². The zero-order valence-corrected chi connectivity index (χ0v) is 35.4. The van der Waals surface area contributed by atoms with Crippen LogP contribution in [0, 0.1) is 0 Å². The summed E-state index contributed by atoms with van der Waals surface area (Å²) in [4.78, 5) is 12.9. The lowest BCUT2D eigenvalue weighted by molar-refractivity contribution is -0.302. The van der Waals surface area contributed by atoms with Crippen molar-refractivity contribution >= 4 is 5.91 Å². The molecule has 0 aromatic heterocycles. The highest BCUT2D eigenvalue weighted by molar-refractivity contribution is 5.76. The first-order valence-electron chi connectivity index (χ1n) is 23.1. The van der Waals surface area contributed by atoms with Crippen LogP contribution in [0.3, 0.4) is 0 Å². The average molecular weight is 782 g/mol. The predicted molar refractivity (Wildman–Crippen MR) is 226 cm³/mol. The molecule has 1 aliphatic heterocycles. The molecule has 1 fully saturated rings. The predicted octanol–water partition coefficient (Wildman–Crippen LogP) is 9.50. The molecule has 9 nitrogen and oxygen atoms in total. The van der Waals surface area contributed by atoms with Gasteiger partial charge >= 0.3 is 0 Å². The van der Waals surface area contributed by atoms with Crippen LogP contribution in [-0.4, -0.2) is 87.5 Å². The fourth-order valence-corrected chi connectivity index (χ4v) is 7.25. The van der Waals surface area contributed by atoms with E-state index in [1.54, 1.807) is 6.08 Å². The Kier molecular flexibility index (Phi) is 34.7. The zero-order valence-electron chi connectivity index (χ0n) is 35.4. The van der Waals surface area contributed by atoms with Gasteiger partial charge in [0.05, 0.1) is 25.4 Å². The highest BCUT2D eigenvalue weighted by atomic mass is 16.7. The Morgan fingerprint density at radius 2 is 1.04 bits per heavy atom. The van der Waals surface area contributed by atoms with Crippen LogP contribution in [0.5, 0.6) is 0 Å². The molecule has 0 bridgehead atoms. The Labute approximate surface area is 337 Å². The van der Waals surface area contributed by atoms with Gasteiger partial charge in [-0.15, -0.1) is 0 Å². The summed E-state index contributed by atoms with van der Waals surface area (Å²) in [5.41, 5.74) is 0. The lowest BCUT2D eigenvalue weighted by Crippen LogP contribution is -2.60. The van der Waals surface area contributed by atoms with Crippen molar-refractivity contribution in [2.75, 3.05) is 13.2 Å². The molecular weight excluding hydrogens is 695 g/mol. The summed E-state index contributed by atoms with van der Waals surface area (Å²) in [5, 5.41) is 54.1. The number of nitrogens with one attached hydrogen (secondary N) is 1. The molecule has 1 aliphatic rings. The lowest BCUT2D eigenvalue weighted by Gasteiger charge is -2.40. The molecule has 1 amide bonds. The van der Waals surface area contributed by atoms with Gasteiger partial charge in [0, 0.05) is 6.42 Å². The largest absolute Gasteiger partial charge is 0.394 e. The van der Waals surface area contributed by atoms with Crippen molar-refractivity contribution in [1.82, 2.24) is 5.32 Å². The summed E-state index contributed by atoms with van der Waals surface area (Å²) in [6.45, 7) is 3.72. The van der Waals surface area contributed by atoms with E-state index in [1.807, 2.05) is 6.08 Å². The molecule has 0 saturated carbocycles. The van der Waals surface area contributed by atoms with E-state index in [0.29, 0.717) is 6.42 Å². The van der Waals surface area contributed by atoms with Crippen molar-refractivity contribution in [3.63, 3.8) is 0 Å². The van der Waals surface area contributed by atoms with E-state index in [2.05, 4.69) is 31.3 Å². The number of aliphatic hydroxyl groups excluding tert-OH is 5. The third kappa shape index (κ3) is 27.9. The van der Waals surface area contributed by atoms with Crippen molar-refractivity contribution in [1.29, 1.82) is 0 Å². The summed E-state index contributed by atoms with van der Waals surface area (Å²) in [5.74, 6) is -0.191. The molecule has 1 saturated heterocycles. The lowest BCUT2D eigenvalue weighted by atomic mass is 9.99. The number of allylic oxidation sites excluding steroid dienone is 3. The van der Waals surface area contributed by atoms with Crippen molar-refractivity contribution in [3.05, 3.63) is 24.3 Å². The minimum atomic E-state index is -1.57. The summed E-state index contributed by atoms with van der Waals surface area (Å²) >= 11 is 0. The second-order valence-electron chi connectivity index (χ2n) is 16.2. The molecular formula is C46H87NO8. The highest BCUT2D eigenvalue weighted by Crippen LogP contribution is 2.23. The van der Waals surface area contributed by atoms with Crippen LogP contribution in [0.15, 0.2) is 24.3 Å². The average Bonchev–Trinajstić information content (AvgIpc) is 3.18. The first kappa shape index (κ1) is 51.7. The van der Waals surface area contributed by atoms with Gasteiger partial charge in [-0.05, 0) is 38.5 Å². The monoisotopic (exact) mass is 782 g/mol. The van der Waals surface area contributed by atoms with Gasteiger partial charge in [-0.1, -0.05) is 186 Å². The van der Waals surface area contributed by atoms with Gasteiger partial charge in [-0.2, -0.15) is 0 Å². The second kappa shape index (κ2) is 37.0. The first-order chi connectivity index (χ1) is 26.8. The quantitative estimate of drug-likeness (QED) is 0.0268. The van der Waals surface area contributed by atoms with Crippen LogP contribution in [0.4, 0.5) is 0 Å². The molecule has 9 heteroatoms. The number of carbonyl (C=O) groups is 1. The number of carbonyl (C=O) groups excluding carboxylic acids is 1. The number of hydrogen-bond donors (Lipinski definition) is 6. The topological polar surface area (TPSA) is 149 Å². The Balaban J connectivity index is 2.30. The number of hydrogen-bond acceptors (Lipinski definition) is 8. The van der Waals surface area contributed by atoms with Crippen LogP contribution in [-0.2, 0) is 14.3 Å². The third-order valence-electron chi connectivity index (χ3n) is 11.0. The SMILES string of the molecule is CCCC/C=C\CCCCCCC(=O)NC(COC1OC(CO)C(O)C(O)C1O)C(O)/C=C/CCCCCCCCCCCCCCCCCCCCCC. The van der Waals surface area contributed by atoms with Crippen molar-refractivity contribution in [2.45, 2.75) is 249 Å². The molecule has 55 heavy (non-hydrogen) atoms. The van der Waals surface area contributed by atoms with E-state index < -0.39 is 49.5 Å². The van der Waals surface area contributed by atoms with E-state index in [4.69, 9.17) is 9.47 Å². The summed E-state index contributed by atoms with van der Waals surface area (Å²) in [6, 6.07) is -0.806. The molecule has 7 atom stereocenters. The minimum Gasteiger partial charge on any atom is -0.394 e. The number of aliphatic hydroxyl groups is 5. The molecule has 1 heterocycles. The van der Waals surface area contributed by atoms with Crippen molar-refractivity contribution in [2.24, 2.45) is 0 Å². The van der Waals surface area contributed by atoms with Crippen molar-refractivity contribution < 1.29 is 39.8 Å². The molecule has 1 rings (SSSR count). The van der Waals surface area contributed by atoms with E-state index in [9.17, 15) is 30.3 Å². The maximum absolute atomic E-state index is 12.9. The molecule has 0 aliphatic carbocycles. The molecule has 324 valence electrons. The van der Waals surface area contributed by atoms with E-state index >= 15 is 0 Å². The Bertz CT molecular complexity index is 914. The van der Waals surface area contributed by atoms with Gasteiger partial charge in [0.1, 0.15) is 24.4 Å². The summed E-state index contributed by atoms with van der Waals surface area (Å²) in [7, 11) is 0. The molecule has 0 spiro atoms. The van der Waals surface area contributed by atoms with E-state index in [-0.39, 0.29) is 12.5 Å². The third-order valence-corrected chi connectivity index (χ3v) is 11.0.